The summed E-state index contributed by atoms with van der Waals surface area (Å²) in [5.74, 6) is -0.343. The molecule has 20 heavy (non-hydrogen) atoms. The number of amides is 1. The van der Waals surface area contributed by atoms with Crippen molar-refractivity contribution >= 4 is 18.1 Å². The number of fused-ring (bicyclic) bond motifs is 1. The molecule has 1 aromatic carbocycles. The van der Waals surface area contributed by atoms with Crippen LogP contribution >= 0.6 is 0 Å². The number of hydrogen-bond acceptors (Lipinski definition) is 3. The summed E-state index contributed by atoms with van der Waals surface area (Å²) in [5, 5.41) is 10.8. The summed E-state index contributed by atoms with van der Waals surface area (Å²) < 4.78 is 5.28. The Bertz CT molecular complexity index is 573. The number of esters is 1. The first-order valence-corrected chi connectivity index (χ1v) is 6.44. The zero-order valence-electron chi connectivity index (χ0n) is 11.5. The third-order valence-corrected chi connectivity index (χ3v) is 3.03. The van der Waals surface area contributed by atoms with Crippen LogP contribution < -0.4 is 5.32 Å². The molecule has 106 valence electrons. The second-order valence-electron chi connectivity index (χ2n) is 4.98. The third-order valence-electron chi connectivity index (χ3n) is 3.03. The molecule has 0 saturated heterocycles. The maximum absolute atomic E-state index is 11.8. The minimum atomic E-state index is -1.08. The minimum Gasteiger partial charge on any atom is -0.465 e. The van der Waals surface area contributed by atoms with E-state index in [1.54, 1.807) is 0 Å². The van der Waals surface area contributed by atoms with Crippen LogP contribution in [0.1, 0.15) is 47.9 Å². The van der Waals surface area contributed by atoms with E-state index in [0.29, 0.717) is 12.0 Å². The SMILES string of the molecule is CC(C)=Cc1ccc2c(c1)C(=O)OC2CCNC(=O)O. The molecule has 0 aliphatic carbocycles. The van der Waals surface area contributed by atoms with E-state index in [1.807, 2.05) is 38.1 Å². The molecule has 1 atom stereocenters. The van der Waals surface area contributed by atoms with Crippen molar-refractivity contribution < 1.29 is 19.4 Å². The fraction of sp³-hybridized carbons (Fsp3) is 0.333. The predicted octanol–water partition coefficient (Wildman–Crippen LogP) is 2.98. The van der Waals surface area contributed by atoms with Gasteiger partial charge in [0, 0.05) is 18.5 Å². The molecule has 0 saturated carbocycles. The average Bonchev–Trinajstić information content (AvgIpc) is 2.65. The number of rotatable bonds is 4. The summed E-state index contributed by atoms with van der Waals surface area (Å²) in [7, 11) is 0. The first kappa shape index (κ1) is 14.1. The van der Waals surface area contributed by atoms with E-state index >= 15 is 0 Å². The largest absolute Gasteiger partial charge is 0.465 e. The molecule has 1 amide bonds. The standard InChI is InChI=1S/C15H17NO4/c1-9(2)7-10-3-4-11-12(8-10)14(17)20-13(11)5-6-16-15(18)19/h3-4,7-8,13,16H,5-6H2,1-2H3,(H,18,19). The molecule has 0 radical (unpaired) electrons. The van der Waals surface area contributed by atoms with Crippen molar-refractivity contribution in [3.05, 3.63) is 40.5 Å². The van der Waals surface area contributed by atoms with Gasteiger partial charge in [-0.3, -0.25) is 0 Å². The lowest BCUT2D eigenvalue weighted by atomic mass is 9.99. The van der Waals surface area contributed by atoms with Crippen molar-refractivity contribution in [2.24, 2.45) is 0 Å². The fourth-order valence-corrected chi connectivity index (χ4v) is 2.24. The Balaban J connectivity index is 2.15. The Morgan fingerprint density at radius 3 is 2.85 bits per heavy atom. The lowest BCUT2D eigenvalue weighted by molar-refractivity contribution is 0.0370. The molecule has 5 nitrogen and oxygen atoms in total. The van der Waals surface area contributed by atoms with Gasteiger partial charge in [0.25, 0.3) is 0 Å². The topological polar surface area (TPSA) is 75.6 Å². The summed E-state index contributed by atoms with van der Waals surface area (Å²) in [5.41, 5.74) is 3.51. The Morgan fingerprint density at radius 2 is 2.20 bits per heavy atom. The fourth-order valence-electron chi connectivity index (χ4n) is 2.24. The summed E-state index contributed by atoms with van der Waals surface area (Å²) in [4.78, 5) is 22.2. The Labute approximate surface area is 117 Å². The van der Waals surface area contributed by atoms with Crippen molar-refractivity contribution in [3.63, 3.8) is 0 Å². The number of carboxylic acid groups (broad SMARTS) is 1. The van der Waals surface area contributed by atoms with Gasteiger partial charge in [-0.05, 0) is 25.5 Å². The summed E-state index contributed by atoms with van der Waals surface area (Å²) in [6.07, 6.45) is 0.985. The van der Waals surface area contributed by atoms with Crippen LogP contribution in [0.2, 0.25) is 0 Å². The molecule has 1 aliphatic heterocycles. The van der Waals surface area contributed by atoms with Gasteiger partial charge in [-0.1, -0.05) is 23.8 Å². The number of carbonyl (C=O) groups is 2. The maximum atomic E-state index is 11.8. The van der Waals surface area contributed by atoms with Crippen LogP contribution in [0, 0.1) is 0 Å². The van der Waals surface area contributed by atoms with Gasteiger partial charge in [-0.15, -0.1) is 0 Å². The van der Waals surface area contributed by atoms with E-state index in [0.717, 1.165) is 16.7 Å². The Hall–Kier alpha value is -2.30. The van der Waals surface area contributed by atoms with E-state index in [1.165, 1.54) is 0 Å². The molecular weight excluding hydrogens is 258 g/mol. The highest BCUT2D eigenvalue weighted by Crippen LogP contribution is 2.33. The van der Waals surface area contributed by atoms with Crippen LogP contribution in [0.25, 0.3) is 6.08 Å². The van der Waals surface area contributed by atoms with E-state index in [-0.39, 0.29) is 18.6 Å². The second kappa shape index (κ2) is 5.77. The number of nitrogens with one attached hydrogen (secondary N) is 1. The molecule has 2 N–H and O–H groups in total. The van der Waals surface area contributed by atoms with Crippen LogP contribution in [0.3, 0.4) is 0 Å². The normalized spacial score (nSPS) is 16.3. The van der Waals surface area contributed by atoms with Gasteiger partial charge in [-0.25, -0.2) is 9.59 Å². The first-order valence-electron chi connectivity index (χ1n) is 6.44. The molecule has 2 rings (SSSR count). The first-order chi connectivity index (χ1) is 9.47. The summed E-state index contributed by atoms with van der Waals surface area (Å²) >= 11 is 0. The quantitative estimate of drug-likeness (QED) is 0.828. The highest BCUT2D eigenvalue weighted by molar-refractivity contribution is 5.94. The Kier molecular flexibility index (Phi) is 4.08. The maximum Gasteiger partial charge on any atom is 0.404 e. The average molecular weight is 275 g/mol. The molecule has 0 aromatic heterocycles. The van der Waals surface area contributed by atoms with E-state index in [9.17, 15) is 9.59 Å². The number of cyclic esters (lactones) is 1. The van der Waals surface area contributed by atoms with Crippen molar-refractivity contribution in [3.8, 4) is 0 Å². The van der Waals surface area contributed by atoms with E-state index in [4.69, 9.17) is 9.84 Å². The lowest BCUT2D eigenvalue weighted by Crippen LogP contribution is -2.23. The van der Waals surface area contributed by atoms with Gasteiger partial charge in [0.1, 0.15) is 6.10 Å². The zero-order valence-corrected chi connectivity index (χ0v) is 11.5. The number of hydrogen-bond donors (Lipinski definition) is 2. The molecule has 0 spiro atoms. The molecule has 1 aromatic rings. The summed E-state index contributed by atoms with van der Waals surface area (Å²) in [6.45, 7) is 4.24. The van der Waals surface area contributed by atoms with Crippen LogP contribution in [-0.4, -0.2) is 23.7 Å². The number of allylic oxidation sites excluding steroid dienone is 1. The number of benzene rings is 1. The van der Waals surface area contributed by atoms with Gasteiger partial charge in [-0.2, -0.15) is 0 Å². The van der Waals surface area contributed by atoms with Crippen LogP contribution in [0.5, 0.6) is 0 Å². The molecule has 0 bridgehead atoms. The smallest absolute Gasteiger partial charge is 0.404 e. The monoisotopic (exact) mass is 275 g/mol. The molecule has 5 heteroatoms. The highest BCUT2D eigenvalue weighted by atomic mass is 16.5. The van der Waals surface area contributed by atoms with Gasteiger partial charge >= 0.3 is 12.1 Å². The summed E-state index contributed by atoms with van der Waals surface area (Å²) in [6, 6.07) is 5.63. The van der Waals surface area contributed by atoms with Gasteiger partial charge < -0.3 is 15.2 Å². The molecule has 0 fully saturated rings. The van der Waals surface area contributed by atoms with Gasteiger partial charge in [0.2, 0.25) is 0 Å². The van der Waals surface area contributed by atoms with Gasteiger partial charge in [0.05, 0.1) is 5.56 Å². The van der Waals surface area contributed by atoms with Crippen LogP contribution in [0.4, 0.5) is 4.79 Å². The van der Waals surface area contributed by atoms with Crippen LogP contribution in [0.15, 0.2) is 23.8 Å². The molecular formula is C15H17NO4. The van der Waals surface area contributed by atoms with Crippen LogP contribution in [-0.2, 0) is 4.74 Å². The second-order valence-corrected chi connectivity index (χ2v) is 4.98. The van der Waals surface area contributed by atoms with E-state index in [2.05, 4.69) is 5.32 Å². The predicted molar refractivity (Wildman–Crippen MR) is 74.6 cm³/mol. The van der Waals surface area contributed by atoms with Crippen molar-refractivity contribution in [1.82, 2.24) is 5.32 Å². The minimum absolute atomic E-state index is 0.252. The van der Waals surface area contributed by atoms with Crippen molar-refractivity contribution in [2.45, 2.75) is 26.4 Å². The van der Waals surface area contributed by atoms with Crippen molar-refractivity contribution in [1.29, 1.82) is 0 Å². The van der Waals surface area contributed by atoms with E-state index < -0.39 is 6.09 Å². The Morgan fingerprint density at radius 1 is 1.45 bits per heavy atom. The van der Waals surface area contributed by atoms with Crippen molar-refractivity contribution in [2.75, 3.05) is 6.54 Å². The third kappa shape index (κ3) is 3.17. The zero-order chi connectivity index (χ0) is 14.7. The lowest BCUT2D eigenvalue weighted by Gasteiger charge is -2.10. The molecule has 1 unspecified atom stereocenters. The molecule has 1 aliphatic rings. The molecule has 1 heterocycles. The highest BCUT2D eigenvalue weighted by Gasteiger charge is 2.30. The van der Waals surface area contributed by atoms with Gasteiger partial charge in [0.15, 0.2) is 0 Å². The number of ether oxygens (including phenoxy) is 1. The number of carbonyl (C=O) groups excluding carboxylic acids is 1.